The normalized spacial score (nSPS) is 13.1. The number of hydrogen-bond donors (Lipinski definition) is 10. The molecule has 0 aliphatic carbocycles. The van der Waals surface area contributed by atoms with Crippen molar-refractivity contribution in [2.45, 2.75) is 97.2 Å². The second-order valence-corrected chi connectivity index (χ2v) is 24.4. The lowest BCUT2D eigenvalue weighted by molar-refractivity contribution is -0.128. The summed E-state index contributed by atoms with van der Waals surface area (Å²) >= 11 is 3.02. The number of nitrogens with zero attached hydrogens (tertiary/aromatic N) is 3. The number of nitrogens with two attached hydrogens (primary N) is 2. The highest BCUT2D eigenvalue weighted by Crippen LogP contribution is 2.28. The second kappa shape index (κ2) is 36.3. The number of thiophene rings is 2. The average Bonchev–Trinajstić information content (AvgIpc) is 1.29. The summed E-state index contributed by atoms with van der Waals surface area (Å²) in [7, 11) is 0. The number of aliphatic hydroxyl groups excluding tert-OH is 1. The van der Waals surface area contributed by atoms with Gasteiger partial charge in [0, 0.05) is 103 Å². The summed E-state index contributed by atoms with van der Waals surface area (Å²) in [6.45, 7) is 5.52. The van der Waals surface area contributed by atoms with E-state index in [9.17, 15) is 58.2 Å². The summed E-state index contributed by atoms with van der Waals surface area (Å²) in [6.07, 6.45) is 2.20. The van der Waals surface area contributed by atoms with Crippen molar-refractivity contribution in [3.63, 3.8) is 0 Å². The molecule has 9 amide bonds. The Kier molecular flexibility index (Phi) is 27.6. The third-order valence-corrected chi connectivity index (χ3v) is 17.3. The van der Waals surface area contributed by atoms with Crippen LogP contribution in [0.1, 0.15) is 82.8 Å². The standard InChI is InChI=1S/C39H45FN6O8S.C28H33N5O6S/c1-3-44-22-30(37(50)51)35(48)29-20-31(40)33(21-32(29)44)45-13-15-46(16-14-45)39(53)54-23-25-8-10-27(11-9-25)43-36(49)26(6-4-12-42-38(41)52)19-34(47)24(2)18-28-7-5-17-55-28;29-27(37)30-14-4-9-23(25(35)31-21-12-10-19(17-34)11-13-21)32-26(36)24(16-22-8-5-15-40-22)33-28(38)39-18-20-6-2-1-3-7-20/h5,7-11,17,20-22,24,26H,3-4,6,12-16,18-19,23H2,1-2H3,(H,43,49)(H,50,51)(H3,41,42,52);1-3,5-8,10-13,15,23-24,34H,4,9,14,16-18H2,(H,31,35)(H,32,36)(H,33,38)(H3,29,30,37)/t24-,26+;23-,24-/m00/s1. The number of nitrogens with one attached hydrogen (secondary N) is 6. The molecule has 504 valence electrons. The fourth-order valence-corrected chi connectivity index (χ4v) is 11.8. The minimum absolute atomic E-state index is 0.0153. The Bertz CT molecular complexity index is 3800. The number of benzene rings is 4. The van der Waals surface area contributed by atoms with Gasteiger partial charge in [-0.15, -0.1) is 22.7 Å². The van der Waals surface area contributed by atoms with Crippen molar-refractivity contribution in [3.8, 4) is 0 Å². The smallest absolute Gasteiger partial charge is 0.410 e. The lowest BCUT2D eigenvalue weighted by atomic mass is 9.89. The quantitative estimate of drug-likeness (QED) is 0.0191. The van der Waals surface area contributed by atoms with Crippen molar-refractivity contribution in [1.29, 1.82) is 0 Å². The van der Waals surface area contributed by atoms with Crippen LogP contribution in [0.4, 0.5) is 40.6 Å². The average molecular weight is 1340 g/mol. The molecule has 1 aliphatic rings. The number of aromatic carboxylic acids is 1. The van der Waals surface area contributed by atoms with Crippen molar-refractivity contribution in [2.75, 3.05) is 54.8 Å². The number of carbonyl (C=O) groups excluding carboxylic acids is 8. The van der Waals surface area contributed by atoms with Gasteiger partial charge < -0.3 is 77.4 Å². The molecule has 7 aromatic rings. The van der Waals surface area contributed by atoms with Crippen molar-refractivity contribution < 1.29 is 67.2 Å². The minimum Gasteiger partial charge on any atom is -0.477 e. The zero-order chi connectivity index (χ0) is 68.4. The van der Waals surface area contributed by atoms with Gasteiger partial charge in [-0.3, -0.25) is 24.0 Å². The number of alkyl carbamates (subject to hydrolysis) is 1. The van der Waals surface area contributed by atoms with E-state index in [1.165, 1.54) is 22.4 Å². The van der Waals surface area contributed by atoms with Crippen LogP contribution in [-0.2, 0) is 67.9 Å². The predicted octanol–water partition coefficient (Wildman–Crippen LogP) is 7.87. The van der Waals surface area contributed by atoms with Crippen molar-refractivity contribution in [2.24, 2.45) is 23.3 Å². The Morgan fingerprint density at radius 1 is 0.663 bits per heavy atom. The van der Waals surface area contributed by atoms with E-state index in [-0.39, 0.29) is 93.9 Å². The number of carboxylic acids is 1. The van der Waals surface area contributed by atoms with Crippen LogP contribution in [0.2, 0.25) is 0 Å². The third kappa shape index (κ3) is 22.5. The lowest BCUT2D eigenvalue weighted by Gasteiger charge is -2.35. The van der Waals surface area contributed by atoms with Gasteiger partial charge in [-0.05, 0) is 115 Å². The zero-order valence-electron chi connectivity index (χ0n) is 52.5. The summed E-state index contributed by atoms with van der Waals surface area (Å²) in [5.74, 6) is -4.28. The summed E-state index contributed by atoms with van der Waals surface area (Å²) < 4.78 is 27.7. The minimum atomic E-state index is -1.38. The van der Waals surface area contributed by atoms with Crippen molar-refractivity contribution >= 4 is 104 Å². The van der Waals surface area contributed by atoms with Crippen LogP contribution in [-0.4, -0.2) is 125 Å². The molecule has 4 heterocycles. The number of amides is 9. The maximum atomic E-state index is 15.3. The monoisotopic (exact) mass is 1340 g/mol. The van der Waals surface area contributed by atoms with Gasteiger partial charge in [-0.2, -0.15) is 0 Å². The van der Waals surface area contributed by atoms with E-state index in [0.717, 1.165) is 21.4 Å². The predicted molar refractivity (Wildman–Crippen MR) is 358 cm³/mol. The van der Waals surface area contributed by atoms with Crippen LogP contribution in [0.15, 0.2) is 137 Å². The Hall–Kier alpha value is -10.2. The number of pyridine rings is 1. The highest BCUT2D eigenvalue weighted by molar-refractivity contribution is 7.10. The number of aliphatic hydroxyl groups is 1. The van der Waals surface area contributed by atoms with E-state index >= 15 is 4.39 Å². The largest absolute Gasteiger partial charge is 0.477 e. The summed E-state index contributed by atoms with van der Waals surface area (Å²) in [4.78, 5) is 130. The Balaban J connectivity index is 0.000000283. The van der Waals surface area contributed by atoms with Gasteiger partial charge in [0.25, 0.3) is 0 Å². The van der Waals surface area contributed by atoms with Crippen LogP contribution in [0, 0.1) is 17.7 Å². The van der Waals surface area contributed by atoms with Crippen LogP contribution < -0.4 is 53.7 Å². The number of halogens is 1. The van der Waals surface area contributed by atoms with Crippen molar-refractivity contribution in [1.82, 2.24) is 30.7 Å². The van der Waals surface area contributed by atoms with E-state index in [0.29, 0.717) is 73.3 Å². The highest BCUT2D eigenvalue weighted by atomic mass is 32.1. The van der Waals surface area contributed by atoms with Crippen LogP contribution in [0.3, 0.4) is 0 Å². The molecule has 0 spiro atoms. The van der Waals surface area contributed by atoms with Crippen LogP contribution in [0.5, 0.6) is 0 Å². The molecule has 0 unspecified atom stereocenters. The molecule has 1 aliphatic heterocycles. The summed E-state index contributed by atoms with van der Waals surface area (Å²) in [5, 5.41) is 38.4. The number of fused-ring (bicyclic) bond motifs is 1. The number of hydrogen-bond acceptors (Lipinski definition) is 16. The Labute approximate surface area is 555 Å². The molecule has 25 nitrogen and oxygen atoms in total. The maximum Gasteiger partial charge on any atom is 0.410 e. The molecule has 4 atom stereocenters. The molecule has 4 aromatic carbocycles. The third-order valence-electron chi connectivity index (χ3n) is 15.5. The topological polar surface area (TPSA) is 365 Å². The molecule has 1 saturated heterocycles. The first-order valence-electron chi connectivity index (χ1n) is 30.8. The summed E-state index contributed by atoms with van der Waals surface area (Å²) in [6, 6.07) is 29.5. The molecule has 3 aromatic heterocycles. The van der Waals surface area contributed by atoms with Gasteiger partial charge >= 0.3 is 30.2 Å². The number of ketones is 1. The number of rotatable bonds is 30. The van der Waals surface area contributed by atoms with E-state index in [4.69, 9.17) is 20.9 Å². The number of aromatic nitrogens is 1. The molecular weight excluding hydrogens is 1270 g/mol. The molecule has 0 radical (unpaired) electrons. The Morgan fingerprint density at radius 2 is 1.24 bits per heavy atom. The van der Waals surface area contributed by atoms with E-state index in [1.807, 2.05) is 72.3 Å². The second-order valence-electron chi connectivity index (χ2n) is 22.4. The van der Waals surface area contributed by atoms with E-state index in [1.54, 1.807) is 82.3 Å². The first kappa shape index (κ1) is 72.2. The van der Waals surface area contributed by atoms with Gasteiger partial charge in [0.05, 0.1) is 17.8 Å². The zero-order valence-corrected chi connectivity index (χ0v) is 54.1. The van der Waals surface area contributed by atoms with Gasteiger partial charge in [0.1, 0.15) is 42.5 Å². The van der Waals surface area contributed by atoms with Gasteiger partial charge in [0.2, 0.25) is 23.2 Å². The molecule has 8 rings (SSSR count). The molecular formula is C67H78FN11O14S2. The fourth-order valence-electron chi connectivity index (χ4n) is 10.3. The molecule has 0 saturated carbocycles. The molecule has 95 heavy (non-hydrogen) atoms. The number of carboxylic acid groups (broad SMARTS) is 1. The number of aryl methyl sites for hydroxylation is 1. The number of urea groups is 2. The van der Waals surface area contributed by atoms with Crippen LogP contribution in [0.25, 0.3) is 10.9 Å². The molecule has 0 bridgehead atoms. The van der Waals surface area contributed by atoms with E-state index < -0.39 is 76.8 Å². The number of primary amides is 2. The van der Waals surface area contributed by atoms with E-state index in [2.05, 4.69) is 31.9 Å². The van der Waals surface area contributed by atoms with Crippen LogP contribution >= 0.6 is 22.7 Å². The van der Waals surface area contributed by atoms with Gasteiger partial charge in [0.15, 0.2) is 0 Å². The molecule has 28 heteroatoms. The SMILES string of the molecule is CCn1cc(C(=O)O)c(=O)c2cc(F)c(N3CCN(C(=O)OCc4ccc(NC(=O)[C@H](CCCNC(N)=O)CC(=O)[C@@H](C)Cc5cccs5)cc4)CC3)cc21.NC(=O)NCCC[C@H](NC(=O)[C@H](Cc1cccs1)NC(=O)OCc1ccccc1)C(=O)Nc1ccc(CO)cc1. The first-order valence-corrected chi connectivity index (χ1v) is 32.5. The lowest BCUT2D eigenvalue weighted by Crippen LogP contribution is -2.53. The fraction of sp³-hybridized carbons (Fsp3) is 0.343. The molecule has 1 fully saturated rings. The number of carbonyl (C=O) groups is 9. The first-order chi connectivity index (χ1) is 45.7. The number of anilines is 3. The van der Waals surface area contributed by atoms with Gasteiger partial charge in [-0.25, -0.2) is 28.4 Å². The Morgan fingerprint density at radius 3 is 1.82 bits per heavy atom. The number of piperazine rings is 1. The maximum absolute atomic E-state index is 15.3. The number of ether oxygens (including phenoxy) is 2. The van der Waals surface area contributed by atoms with Gasteiger partial charge in [-0.1, -0.05) is 73.7 Å². The number of Topliss-reactive ketones (excluding diaryl/α,β-unsaturated/α-hetero) is 1. The highest BCUT2D eigenvalue weighted by Gasteiger charge is 2.30. The van der Waals surface area contributed by atoms with Crippen molar-refractivity contribution in [3.05, 3.63) is 180 Å². The summed E-state index contributed by atoms with van der Waals surface area (Å²) in [5.41, 5.74) is 12.9. The molecule has 12 N–H and O–H groups in total.